The largest absolute Gasteiger partial charge is 0.387 e. The van der Waals surface area contributed by atoms with Crippen LogP contribution in [-0.4, -0.2) is 75.2 Å². The van der Waals surface area contributed by atoms with Gasteiger partial charge in [-0.15, -0.1) is 0 Å². The molecule has 214 valence electrons. The Labute approximate surface area is 232 Å². The molecule has 0 bridgehead atoms. The van der Waals surface area contributed by atoms with Gasteiger partial charge in [0.1, 0.15) is 18.3 Å². The Morgan fingerprint density at radius 3 is 2.45 bits per heavy atom. The average molecular weight is 614 g/mol. The van der Waals surface area contributed by atoms with Gasteiger partial charge >= 0.3 is 15.2 Å². The predicted octanol–water partition coefficient (Wildman–Crippen LogP) is 2.95. The lowest BCUT2D eigenvalue weighted by Gasteiger charge is -2.18. The fourth-order valence-corrected chi connectivity index (χ4v) is 7.32. The Morgan fingerprint density at radius 2 is 1.75 bits per heavy atom. The van der Waals surface area contributed by atoms with Gasteiger partial charge in [-0.2, -0.15) is 9.97 Å². The lowest BCUT2D eigenvalue weighted by molar-refractivity contribution is -0.0483. The van der Waals surface area contributed by atoms with E-state index in [0.29, 0.717) is 0 Å². The van der Waals surface area contributed by atoms with Crippen molar-refractivity contribution >= 4 is 60.2 Å². The molecule has 5 rings (SSSR count). The Bertz CT molecular complexity index is 1700. The number of ether oxygens (including phenoxy) is 1. The number of aromatic nitrogens is 4. The third-order valence-electron chi connectivity index (χ3n) is 6.52. The number of anilines is 2. The summed E-state index contributed by atoms with van der Waals surface area (Å²) < 4.78 is 34.8. The Hall–Kier alpha value is -2.48. The summed E-state index contributed by atoms with van der Waals surface area (Å²) in [5.74, 6) is -1.12. The molecule has 6 N–H and O–H groups in total. The van der Waals surface area contributed by atoms with Gasteiger partial charge < -0.3 is 39.5 Å². The van der Waals surface area contributed by atoms with E-state index in [2.05, 4.69) is 26.3 Å². The van der Waals surface area contributed by atoms with Crippen molar-refractivity contribution in [2.75, 3.05) is 17.8 Å². The van der Waals surface area contributed by atoms with Crippen LogP contribution < -0.4 is 5.32 Å². The van der Waals surface area contributed by atoms with Crippen LogP contribution in [0.25, 0.3) is 21.9 Å². The highest BCUT2D eigenvalue weighted by atomic mass is 35.5. The van der Waals surface area contributed by atoms with E-state index >= 15 is 0 Å². The topological polar surface area (TPSA) is 209 Å². The Balaban J connectivity index is 1.41. The number of imidazole rings is 1. The van der Waals surface area contributed by atoms with Gasteiger partial charge in [-0.05, 0) is 59.5 Å². The van der Waals surface area contributed by atoms with Crippen molar-refractivity contribution in [3.8, 4) is 0 Å². The normalized spacial score (nSPS) is 23.1. The molecule has 0 radical (unpaired) electrons. The first kappa shape index (κ1) is 29.0. The van der Waals surface area contributed by atoms with Crippen LogP contribution in [0.15, 0.2) is 36.7 Å². The number of aliphatic hydroxyl groups excluding tert-OH is 2. The van der Waals surface area contributed by atoms with Gasteiger partial charge in [0.05, 0.1) is 12.9 Å². The molecule has 0 aliphatic carbocycles. The number of benzene rings is 2. The van der Waals surface area contributed by atoms with E-state index in [1.165, 1.54) is 10.9 Å². The van der Waals surface area contributed by atoms with Crippen molar-refractivity contribution < 1.29 is 43.3 Å². The van der Waals surface area contributed by atoms with Crippen molar-refractivity contribution in [2.45, 2.75) is 38.4 Å². The summed E-state index contributed by atoms with van der Waals surface area (Å²) in [6, 6.07) is 9.97. The lowest BCUT2D eigenvalue weighted by Crippen LogP contribution is -2.33. The van der Waals surface area contributed by atoms with Gasteiger partial charge in [-0.25, -0.2) is 4.98 Å². The number of halogens is 1. The molecule has 14 nitrogen and oxygen atoms in total. The SMILES string of the molecule is Cc1ccc(C)c2cc(Nc3nc(Cl)nc4c3ncn4C3OC(COP(=O)(O)CP(=O)(O)O)C(O)C3O)ccc12. The maximum atomic E-state index is 12.0. The summed E-state index contributed by atoms with van der Waals surface area (Å²) in [6.07, 6.45) is -4.37. The fourth-order valence-electron chi connectivity index (χ4n) is 4.58. The van der Waals surface area contributed by atoms with E-state index in [0.717, 1.165) is 27.6 Å². The number of nitrogens with one attached hydrogen (secondary N) is 1. The van der Waals surface area contributed by atoms with E-state index in [4.69, 9.17) is 30.6 Å². The predicted molar refractivity (Wildman–Crippen MR) is 146 cm³/mol. The standard InChI is InChI=1S/C23H26ClN5O9P2/c1-11-3-4-12(2)15-7-13(5-6-14(11)15)26-20-17-21(28-23(24)27-20)29(9-25-17)22-19(31)18(30)16(38-22)8-37-40(35,36)10-39(32,33)34/h3-7,9,16,18-19,22,30-31H,8,10H2,1-2H3,(H,35,36)(H,26,27,28)(H2,32,33,34). The van der Waals surface area contributed by atoms with Crippen molar-refractivity contribution in [1.82, 2.24) is 19.5 Å². The zero-order valence-electron chi connectivity index (χ0n) is 21.1. The number of hydrogen-bond acceptors (Lipinski definition) is 10. The van der Waals surface area contributed by atoms with E-state index < -0.39 is 52.2 Å². The molecule has 1 aliphatic heterocycles. The zero-order valence-corrected chi connectivity index (χ0v) is 23.7. The van der Waals surface area contributed by atoms with Crippen LogP contribution in [0, 0.1) is 13.8 Å². The van der Waals surface area contributed by atoms with E-state index in [1.807, 2.05) is 38.1 Å². The second-order valence-corrected chi connectivity index (χ2v) is 13.9. The maximum Gasteiger partial charge on any atom is 0.340 e. The first-order valence-electron chi connectivity index (χ1n) is 11.9. The molecule has 3 heterocycles. The van der Waals surface area contributed by atoms with Crippen LogP contribution in [0.4, 0.5) is 11.5 Å². The molecule has 17 heteroatoms. The van der Waals surface area contributed by atoms with Crippen LogP contribution in [0.3, 0.4) is 0 Å². The molecule has 2 aromatic heterocycles. The minimum Gasteiger partial charge on any atom is -0.387 e. The van der Waals surface area contributed by atoms with Crippen LogP contribution in [-0.2, 0) is 18.4 Å². The van der Waals surface area contributed by atoms with Gasteiger partial charge in [-0.3, -0.25) is 13.7 Å². The maximum absolute atomic E-state index is 12.0. The molecule has 1 aliphatic rings. The number of nitrogens with zero attached hydrogens (tertiary/aromatic N) is 4. The average Bonchev–Trinajstić information content (AvgIpc) is 3.39. The summed E-state index contributed by atoms with van der Waals surface area (Å²) in [7, 11) is -9.54. The third-order valence-corrected chi connectivity index (χ3v) is 10.1. The Morgan fingerprint density at radius 1 is 1.05 bits per heavy atom. The molecule has 0 saturated carbocycles. The number of aryl methyl sites for hydroxylation is 2. The molecule has 40 heavy (non-hydrogen) atoms. The molecule has 2 aromatic carbocycles. The fraction of sp³-hybridized carbons (Fsp3) is 0.348. The van der Waals surface area contributed by atoms with Crippen molar-refractivity contribution in [3.63, 3.8) is 0 Å². The lowest BCUT2D eigenvalue weighted by atomic mass is 10.0. The molecule has 1 saturated heterocycles. The highest BCUT2D eigenvalue weighted by molar-refractivity contribution is 7.70. The van der Waals surface area contributed by atoms with Crippen molar-refractivity contribution in [1.29, 1.82) is 0 Å². The Kier molecular flexibility index (Phi) is 7.79. The summed E-state index contributed by atoms with van der Waals surface area (Å²) >= 11 is 6.21. The minimum absolute atomic E-state index is 0.129. The molecule has 0 amide bonds. The second-order valence-electron chi connectivity index (χ2n) is 9.54. The van der Waals surface area contributed by atoms with Crippen LogP contribution in [0.2, 0.25) is 5.28 Å². The smallest absolute Gasteiger partial charge is 0.340 e. The zero-order chi connectivity index (χ0) is 29.0. The van der Waals surface area contributed by atoms with Gasteiger partial charge in [0.25, 0.3) is 0 Å². The van der Waals surface area contributed by atoms with Crippen LogP contribution >= 0.6 is 26.8 Å². The van der Waals surface area contributed by atoms with Crippen molar-refractivity contribution in [3.05, 3.63) is 53.1 Å². The molecule has 1 fully saturated rings. The molecule has 4 aromatic rings. The first-order valence-corrected chi connectivity index (χ1v) is 15.9. The summed E-state index contributed by atoms with van der Waals surface area (Å²) in [5.41, 5.74) is 3.42. The van der Waals surface area contributed by atoms with Crippen LogP contribution in [0.1, 0.15) is 17.4 Å². The quantitative estimate of drug-likeness (QED) is 0.125. The monoisotopic (exact) mass is 613 g/mol. The highest BCUT2D eigenvalue weighted by Crippen LogP contribution is 2.55. The van der Waals surface area contributed by atoms with Gasteiger partial charge in [0, 0.05) is 5.69 Å². The highest BCUT2D eigenvalue weighted by Gasteiger charge is 2.45. The second kappa shape index (κ2) is 10.7. The molecule has 0 spiro atoms. The van der Waals surface area contributed by atoms with E-state index in [-0.39, 0.29) is 22.3 Å². The third kappa shape index (κ3) is 5.93. The number of hydrogen-bond donors (Lipinski definition) is 6. The van der Waals surface area contributed by atoms with Gasteiger partial charge in [-0.1, -0.05) is 18.2 Å². The molecule has 5 unspecified atom stereocenters. The van der Waals surface area contributed by atoms with Crippen molar-refractivity contribution in [2.24, 2.45) is 0 Å². The van der Waals surface area contributed by atoms with E-state index in [9.17, 15) is 24.2 Å². The molecular formula is C23H26ClN5O9P2. The first-order chi connectivity index (χ1) is 18.7. The van der Waals surface area contributed by atoms with Gasteiger partial charge in [0.2, 0.25) is 5.28 Å². The summed E-state index contributed by atoms with van der Waals surface area (Å²) in [5, 5.41) is 26.4. The number of rotatable bonds is 8. The van der Waals surface area contributed by atoms with Gasteiger partial charge in [0.15, 0.2) is 29.1 Å². The summed E-state index contributed by atoms with van der Waals surface area (Å²) in [6.45, 7) is 3.33. The summed E-state index contributed by atoms with van der Waals surface area (Å²) in [4.78, 5) is 40.4. The van der Waals surface area contributed by atoms with E-state index in [1.54, 1.807) is 0 Å². The molecular weight excluding hydrogens is 588 g/mol. The number of fused-ring (bicyclic) bond motifs is 2. The molecule has 5 atom stereocenters. The number of aliphatic hydroxyl groups is 2. The van der Waals surface area contributed by atoms with Crippen LogP contribution in [0.5, 0.6) is 0 Å². The minimum atomic E-state index is -4.84.